The van der Waals surface area contributed by atoms with Gasteiger partial charge in [0.15, 0.2) is 0 Å². The summed E-state index contributed by atoms with van der Waals surface area (Å²) < 4.78 is 25.3. The monoisotopic (exact) mass is 540 g/mol. The van der Waals surface area contributed by atoms with Gasteiger partial charge in [-0.3, -0.25) is 14.2 Å². The van der Waals surface area contributed by atoms with E-state index in [4.69, 9.17) is 5.14 Å². The van der Waals surface area contributed by atoms with E-state index in [1.165, 1.54) is 28.0 Å². The molecule has 0 unspecified atom stereocenters. The van der Waals surface area contributed by atoms with Crippen LogP contribution in [-0.4, -0.2) is 30.0 Å². The van der Waals surface area contributed by atoms with Gasteiger partial charge in [-0.25, -0.2) is 22.9 Å². The molecule has 2 aromatic carbocycles. The van der Waals surface area contributed by atoms with Crippen molar-refractivity contribution in [3.05, 3.63) is 90.4 Å². The van der Waals surface area contributed by atoms with Crippen molar-refractivity contribution in [2.45, 2.75) is 45.6 Å². The van der Waals surface area contributed by atoms with E-state index in [2.05, 4.69) is 5.32 Å². The van der Waals surface area contributed by atoms with Gasteiger partial charge < -0.3 is 5.32 Å². The van der Waals surface area contributed by atoms with Gasteiger partial charge in [0.2, 0.25) is 15.9 Å². The Morgan fingerprint density at radius 2 is 1.68 bits per heavy atom. The van der Waals surface area contributed by atoms with Crippen LogP contribution in [-0.2, 0) is 27.8 Å². The summed E-state index contributed by atoms with van der Waals surface area (Å²) in [6.45, 7) is 7.63. The first-order chi connectivity index (χ1) is 17.4. The van der Waals surface area contributed by atoms with Crippen molar-refractivity contribution in [2.24, 2.45) is 5.14 Å². The molecule has 0 radical (unpaired) electrons. The molecule has 0 aliphatic rings. The molecule has 4 rings (SSSR count). The van der Waals surface area contributed by atoms with E-state index in [9.17, 15) is 22.8 Å². The minimum Gasteiger partial charge on any atom is -0.354 e. The van der Waals surface area contributed by atoms with Gasteiger partial charge in [-0.2, -0.15) is 0 Å². The third kappa shape index (κ3) is 5.29. The highest BCUT2D eigenvalue weighted by molar-refractivity contribution is 7.89. The van der Waals surface area contributed by atoms with Gasteiger partial charge >= 0.3 is 5.69 Å². The molecule has 0 aliphatic carbocycles. The Morgan fingerprint density at radius 3 is 2.30 bits per heavy atom. The summed E-state index contributed by atoms with van der Waals surface area (Å²) in [7, 11) is -3.77. The van der Waals surface area contributed by atoms with Gasteiger partial charge in [-0.05, 0) is 80.6 Å². The van der Waals surface area contributed by atoms with Crippen LogP contribution >= 0.6 is 11.3 Å². The predicted octanol–water partition coefficient (Wildman–Crippen LogP) is 2.45. The highest BCUT2D eigenvalue weighted by Crippen LogP contribution is 2.27. The first kappa shape index (κ1) is 26.5. The molecular formula is C26H28N4O5S2. The summed E-state index contributed by atoms with van der Waals surface area (Å²) >= 11 is 1.32. The zero-order valence-electron chi connectivity index (χ0n) is 21.0. The molecule has 0 saturated carbocycles. The van der Waals surface area contributed by atoms with E-state index in [-0.39, 0.29) is 23.9 Å². The van der Waals surface area contributed by atoms with Gasteiger partial charge in [-0.1, -0.05) is 18.2 Å². The highest BCUT2D eigenvalue weighted by atomic mass is 32.2. The zero-order chi connectivity index (χ0) is 27.1. The molecule has 0 bridgehead atoms. The van der Waals surface area contributed by atoms with Crippen molar-refractivity contribution >= 4 is 37.5 Å². The van der Waals surface area contributed by atoms with Crippen molar-refractivity contribution in [1.29, 1.82) is 0 Å². The Morgan fingerprint density at radius 1 is 1.00 bits per heavy atom. The maximum atomic E-state index is 13.6. The lowest BCUT2D eigenvalue weighted by atomic mass is 10.1. The molecule has 0 spiro atoms. The Kier molecular flexibility index (Phi) is 7.22. The number of primary sulfonamides is 1. The number of carbonyl (C=O) groups is 1. The lowest BCUT2D eigenvalue weighted by molar-refractivity contribution is -0.121. The number of sulfonamides is 1. The van der Waals surface area contributed by atoms with Crippen LogP contribution in [0.2, 0.25) is 0 Å². The van der Waals surface area contributed by atoms with Crippen LogP contribution in [0.4, 0.5) is 0 Å². The van der Waals surface area contributed by atoms with Gasteiger partial charge in [0.1, 0.15) is 11.4 Å². The van der Waals surface area contributed by atoms with Crippen LogP contribution in [0.1, 0.15) is 27.1 Å². The Hall–Kier alpha value is -3.54. The number of rotatable bonds is 7. The maximum absolute atomic E-state index is 13.6. The predicted molar refractivity (Wildman–Crippen MR) is 145 cm³/mol. The number of nitrogens with two attached hydrogens (primary N) is 1. The van der Waals surface area contributed by atoms with E-state index in [1.807, 2.05) is 33.8 Å². The number of aryl methyl sites for hydroxylation is 4. The lowest BCUT2D eigenvalue weighted by Gasteiger charge is -2.13. The number of fused-ring (bicyclic) bond motifs is 1. The van der Waals surface area contributed by atoms with Crippen molar-refractivity contribution < 1.29 is 13.2 Å². The average Bonchev–Trinajstić information content (AvgIpc) is 3.13. The summed E-state index contributed by atoms with van der Waals surface area (Å²) in [5.74, 6) is -0.376. The molecule has 37 heavy (non-hydrogen) atoms. The number of benzene rings is 2. The topological polar surface area (TPSA) is 133 Å². The highest BCUT2D eigenvalue weighted by Gasteiger charge is 2.21. The van der Waals surface area contributed by atoms with Crippen LogP contribution < -0.4 is 21.7 Å². The second-order valence-electron chi connectivity index (χ2n) is 9.03. The minimum atomic E-state index is -3.77. The normalized spacial score (nSPS) is 11.7. The molecule has 0 fully saturated rings. The second-order valence-corrected chi connectivity index (χ2v) is 11.8. The van der Waals surface area contributed by atoms with Crippen LogP contribution in [0.25, 0.3) is 15.9 Å². The Labute approximate surface area is 218 Å². The van der Waals surface area contributed by atoms with Crippen molar-refractivity contribution in [3.8, 4) is 5.69 Å². The number of hydrogen-bond donors (Lipinski definition) is 2. The third-order valence-corrected chi connectivity index (χ3v) is 8.65. The largest absolute Gasteiger partial charge is 0.354 e. The number of carbonyl (C=O) groups excluding carboxylic acids is 1. The van der Waals surface area contributed by atoms with Crippen LogP contribution in [0, 0.1) is 27.7 Å². The second kappa shape index (κ2) is 10.1. The number of nitrogens with zero attached hydrogens (tertiary/aromatic N) is 2. The summed E-state index contributed by atoms with van der Waals surface area (Å²) in [4.78, 5) is 41.3. The Bertz CT molecular complexity index is 1750. The SMILES string of the molecule is Cc1ccc(-n2c(=O)c3c(C)c(C)sc3n(CC(=O)NCCc3ccc(S(N)(=O)=O)cc3)c2=O)cc1C. The van der Waals surface area contributed by atoms with Gasteiger partial charge in [-0.15, -0.1) is 11.3 Å². The van der Waals surface area contributed by atoms with Crippen molar-refractivity contribution in [1.82, 2.24) is 14.5 Å². The summed E-state index contributed by atoms with van der Waals surface area (Å²) in [5, 5.41) is 8.36. The van der Waals surface area contributed by atoms with E-state index in [0.717, 1.165) is 31.7 Å². The number of hydrogen-bond acceptors (Lipinski definition) is 6. The standard InChI is InChI=1S/C26H28N4O5S2/c1-15-5-8-20(13-16(15)2)30-24(32)23-17(3)18(4)36-25(23)29(26(30)33)14-22(31)28-12-11-19-6-9-21(10-7-19)37(27,34)35/h5-10,13H,11-12,14H2,1-4H3,(H,28,31)(H2,27,34,35). The fourth-order valence-corrected chi connectivity index (χ4v) is 5.74. The van der Waals surface area contributed by atoms with Crippen molar-refractivity contribution in [3.63, 3.8) is 0 Å². The maximum Gasteiger partial charge on any atom is 0.337 e. The molecule has 9 nitrogen and oxygen atoms in total. The summed E-state index contributed by atoms with van der Waals surface area (Å²) in [6.07, 6.45) is 0.459. The van der Waals surface area contributed by atoms with E-state index in [1.54, 1.807) is 24.3 Å². The summed E-state index contributed by atoms with van der Waals surface area (Å²) in [5.41, 5.74) is 3.09. The summed E-state index contributed by atoms with van der Waals surface area (Å²) in [6, 6.07) is 11.5. The molecule has 0 atom stereocenters. The lowest BCUT2D eigenvalue weighted by Crippen LogP contribution is -2.41. The number of amides is 1. The molecular weight excluding hydrogens is 512 g/mol. The van der Waals surface area contributed by atoms with E-state index in [0.29, 0.717) is 22.3 Å². The van der Waals surface area contributed by atoms with E-state index < -0.39 is 21.3 Å². The molecule has 0 saturated heterocycles. The molecule has 11 heteroatoms. The smallest absolute Gasteiger partial charge is 0.337 e. The fraction of sp³-hybridized carbons (Fsp3) is 0.269. The van der Waals surface area contributed by atoms with Crippen molar-refractivity contribution in [2.75, 3.05) is 6.54 Å². The fourth-order valence-electron chi connectivity index (χ4n) is 4.08. The average molecular weight is 541 g/mol. The first-order valence-corrected chi connectivity index (χ1v) is 14.0. The number of aromatic nitrogens is 2. The number of nitrogens with one attached hydrogen (secondary N) is 1. The van der Waals surface area contributed by atoms with Gasteiger partial charge in [0.25, 0.3) is 5.56 Å². The third-order valence-electron chi connectivity index (χ3n) is 6.49. The Balaban J connectivity index is 1.63. The quantitative estimate of drug-likeness (QED) is 0.372. The molecule has 194 valence electrons. The molecule has 1 amide bonds. The zero-order valence-corrected chi connectivity index (χ0v) is 22.6. The van der Waals surface area contributed by atoms with Crippen LogP contribution in [0.15, 0.2) is 56.9 Å². The molecule has 2 aromatic heterocycles. The molecule has 4 aromatic rings. The first-order valence-electron chi connectivity index (χ1n) is 11.6. The minimum absolute atomic E-state index is 0.0177. The molecule has 3 N–H and O–H groups in total. The van der Waals surface area contributed by atoms with Gasteiger partial charge in [0, 0.05) is 11.4 Å². The molecule has 0 aliphatic heterocycles. The van der Waals surface area contributed by atoms with E-state index >= 15 is 0 Å². The number of thiophene rings is 1. The molecule has 2 heterocycles. The van der Waals surface area contributed by atoms with Crippen LogP contribution in [0.5, 0.6) is 0 Å². The van der Waals surface area contributed by atoms with Crippen LogP contribution in [0.3, 0.4) is 0 Å². The van der Waals surface area contributed by atoms with Gasteiger partial charge in [0.05, 0.1) is 16.0 Å².